The van der Waals surface area contributed by atoms with E-state index in [0.717, 1.165) is 36.7 Å². The fourth-order valence-electron chi connectivity index (χ4n) is 2.27. The lowest BCUT2D eigenvalue weighted by atomic mass is 10.0. The van der Waals surface area contributed by atoms with Gasteiger partial charge in [-0.25, -0.2) is 0 Å². The van der Waals surface area contributed by atoms with Crippen LogP contribution in [0.25, 0.3) is 0 Å². The van der Waals surface area contributed by atoms with Crippen molar-refractivity contribution in [1.82, 2.24) is 5.32 Å². The summed E-state index contributed by atoms with van der Waals surface area (Å²) < 4.78 is 16.2. The van der Waals surface area contributed by atoms with Crippen molar-refractivity contribution in [3.8, 4) is 11.5 Å². The molecule has 0 aromatic heterocycles. The van der Waals surface area contributed by atoms with Crippen LogP contribution in [0.5, 0.6) is 11.5 Å². The maximum atomic E-state index is 5.62. The molecule has 1 N–H and O–H groups in total. The molecule has 0 aliphatic carbocycles. The first kappa shape index (κ1) is 13.7. The number of hydrogen-bond donors (Lipinski definition) is 1. The van der Waals surface area contributed by atoms with E-state index in [9.17, 15) is 0 Å². The Morgan fingerprint density at radius 2 is 2.05 bits per heavy atom. The van der Waals surface area contributed by atoms with Crippen molar-refractivity contribution in [3.63, 3.8) is 0 Å². The standard InChI is InChI=1S/C15H21NO3/c1-16-12(13-5-4-8-19-13)9-11-6-7-14(17-2)15(10-11)18-3/h5-7,10,12,16H,4,8-9H2,1-3H3. The van der Waals surface area contributed by atoms with Crippen LogP contribution in [-0.2, 0) is 11.2 Å². The van der Waals surface area contributed by atoms with Gasteiger partial charge in [-0.1, -0.05) is 6.07 Å². The summed E-state index contributed by atoms with van der Waals surface area (Å²) in [5.74, 6) is 2.55. The van der Waals surface area contributed by atoms with E-state index in [-0.39, 0.29) is 6.04 Å². The van der Waals surface area contributed by atoms with E-state index in [1.165, 1.54) is 5.56 Å². The monoisotopic (exact) mass is 263 g/mol. The minimum Gasteiger partial charge on any atom is -0.496 e. The Hall–Kier alpha value is -1.68. The molecule has 4 heteroatoms. The van der Waals surface area contributed by atoms with E-state index < -0.39 is 0 Å². The van der Waals surface area contributed by atoms with E-state index in [1.54, 1.807) is 14.2 Å². The first-order valence-electron chi connectivity index (χ1n) is 6.49. The molecule has 1 aromatic carbocycles. The van der Waals surface area contributed by atoms with Crippen LogP contribution < -0.4 is 14.8 Å². The molecular formula is C15H21NO3. The zero-order chi connectivity index (χ0) is 13.7. The molecule has 1 aliphatic rings. The quantitative estimate of drug-likeness (QED) is 0.853. The Bertz CT molecular complexity index is 457. The highest BCUT2D eigenvalue weighted by atomic mass is 16.5. The lowest BCUT2D eigenvalue weighted by Gasteiger charge is -2.18. The van der Waals surface area contributed by atoms with Gasteiger partial charge in [-0.05, 0) is 37.2 Å². The number of hydrogen-bond acceptors (Lipinski definition) is 4. The first-order valence-corrected chi connectivity index (χ1v) is 6.49. The van der Waals surface area contributed by atoms with E-state index >= 15 is 0 Å². The average Bonchev–Trinajstić information content (AvgIpc) is 2.98. The predicted octanol–water partition coefficient (Wildman–Crippen LogP) is 2.14. The lowest BCUT2D eigenvalue weighted by molar-refractivity contribution is 0.217. The van der Waals surface area contributed by atoms with E-state index in [2.05, 4.69) is 17.5 Å². The van der Waals surface area contributed by atoms with E-state index in [0.29, 0.717) is 0 Å². The zero-order valence-electron chi connectivity index (χ0n) is 11.7. The van der Waals surface area contributed by atoms with Gasteiger partial charge in [0.1, 0.15) is 5.76 Å². The molecule has 1 heterocycles. The molecule has 104 valence electrons. The van der Waals surface area contributed by atoms with Crippen LogP contribution in [0.2, 0.25) is 0 Å². The van der Waals surface area contributed by atoms with Crippen molar-refractivity contribution < 1.29 is 14.2 Å². The summed E-state index contributed by atoms with van der Waals surface area (Å²) in [6.07, 6.45) is 4.02. The van der Waals surface area contributed by atoms with Crippen LogP contribution in [0.3, 0.4) is 0 Å². The summed E-state index contributed by atoms with van der Waals surface area (Å²) in [7, 11) is 5.25. The summed E-state index contributed by atoms with van der Waals surface area (Å²) in [6, 6.07) is 6.21. The van der Waals surface area contributed by atoms with Gasteiger partial charge in [-0.15, -0.1) is 0 Å². The van der Waals surface area contributed by atoms with Gasteiger partial charge in [-0.2, -0.15) is 0 Å². The van der Waals surface area contributed by atoms with Crippen molar-refractivity contribution in [2.75, 3.05) is 27.9 Å². The van der Waals surface area contributed by atoms with Crippen LogP contribution in [0.15, 0.2) is 30.0 Å². The third kappa shape index (κ3) is 3.20. The Balaban J connectivity index is 2.13. The third-order valence-electron chi connectivity index (χ3n) is 3.31. The number of methoxy groups -OCH3 is 2. The van der Waals surface area contributed by atoms with Crippen LogP contribution in [0.1, 0.15) is 12.0 Å². The molecule has 0 amide bonds. The van der Waals surface area contributed by atoms with Crippen molar-refractivity contribution >= 4 is 0 Å². The fraction of sp³-hybridized carbons (Fsp3) is 0.467. The zero-order valence-corrected chi connectivity index (χ0v) is 11.7. The lowest BCUT2D eigenvalue weighted by Crippen LogP contribution is -2.30. The largest absolute Gasteiger partial charge is 0.496 e. The third-order valence-corrected chi connectivity index (χ3v) is 3.31. The summed E-state index contributed by atoms with van der Waals surface area (Å²) in [6.45, 7) is 0.791. The minimum atomic E-state index is 0.209. The molecule has 1 aromatic rings. The number of ether oxygens (including phenoxy) is 3. The predicted molar refractivity (Wildman–Crippen MR) is 74.7 cm³/mol. The second-order valence-corrected chi connectivity index (χ2v) is 4.48. The first-order chi connectivity index (χ1) is 9.28. The molecule has 1 aliphatic heterocycles. The topological polar surface area (TPSA) is 39.7 Å². The Labute approximate surface area is 114 Å². The van der Waals surface area contributed by atoms with Gasteiger partial charge in [0.05, 0.1) is 26.9 Å². The molecule has 4 nitrogen and oxygen atoms in total. The fourth-order valence-corrected chi connectivity index (χ4v) is 2.27. The van der Waals surface area contributed by atoms with Crippen LogP contribution in [0, 0.1) is 0 Å². The van der Waals surface area contributed by atoms with Gasteiger partial charge in [-0.3, -0.25) is 0 Å². The maximum absolute atomic E-state index is 5.62. The number of nitrogens with one attached hydrogen (secondary N) is 1. The van der Waals surface area contributed by atoms with Crippen molar-refractivity contribution in [2.24, 2.45) is 0 Å². The molecule has 1 atom stereocenters. The smallest absolute Gasteiger partial charge is 0.160 e. The molecule has 19 heavy (non-hydrogen) atoms. The van der Waals surface area contributed by atoms with Gasteiger partial charge >= 0.3 is 0 Å². The molecule has 0 saturated heterocycles. The molecule has 0 spiro atoms. The van der Waals surface area contributed by atoms with Crippen molar-refractivity contribution in [1.29, 1.82) is 0 Å². The maximum Gasteiger partial charge on any atom is 0.160 e. The molecule has 1 unspecified atom stereocenters. The normalized spacial score (nSPS) is 15.6. The van der Waals surface area contributed by atoms with Gasteiger partial charge in [0.15, 0.2) is 11.5 Å². The molecule has 0 radical (unpaired) electrons. The van der Waals surface area contributed by atoms with Gasteiger partial charge in [0.25, 0.3) is 0 Å². The summed E-state index contributed by atoms with van der Waals surface area (Å²) >= 11 is 0. The van der Waals surface area contributed by atoms with Crippen molar-refractivity contribution in [3.05, 3.63) is 35.6 Å². The Morgan fingerprint density at radius 1 is 1.26 bits per heavy atom. The van der Waals surface area contributed by atoms with Crippen LogP contribution in [-0.4, -0.2) is 33.9 Å². The van der Waals surface area contributed by atoms with Crippen LogP contribution >= 0.6 is 0 Å². The van der Waals surface area contributed by atoms with Gasteiger partial charge in [0.2, 0.25) is 0 Å². The van der Waals surface area contributed by atoms with E-state index in [1.807, 2.05) is 19.2 Å². The summed E-state index contributed by atoms with van der Waals surface area (Å²) in [4.78, 5) is 0. The number of likely N-dealkylation sites (N-methyl/N-ethyl adjacent to an activating group) is 1. The second kappa shape index (κ2) is 6.48. The molecular weight excluding hydrogens is 242 g/mol. The number of benzene rings is 1. The second-order valence-electron chi connectivity index (χ2n) is 4.48. The molecule has 2 rings (SSSR count). The van der Waals surface area contributed by atoms with Crippen molar-refractivity contribution in [2.45, 2.75) is 18.9 Å². The van der Waals surface area contributed by atoms with E-state index in [4.69, 9.17) is 14.2 Å². The summed E-state index contributed by atoms with van der Waals surface area (Å²) in [5, 5.41) is 3.29. The van der Waals surface area contributed by atoms with Gasteiger partial charge < -0.3 is 19.5 Å². The molecule has 0 saturated carbocycles. The highest BCUT2D eigenvalue weighted by Gasteiger charge is 2.18. The highest BCUT2D eigenvalue weighted by molar-refractivity contribution is 5.43. The Morgan fingerprint density at radius 3 is 2.63 bits per heavy atom. The number of rotatable bonds is 6. The van der Waals surface area contributed by atoms with Crippen LogP contribution in [0.4, 0.5) is 0 Å². The average molecular weight is 263 g/mol. The molecule has 0 bridgehead atoms. The Kier molecular flexibility index (Phi) is 4.68. The SMILES string of the molecule is CNC(Cc1ccc(OC)c(OC)c1)C1=CCCO1. The summed E-state index contributed by atoms with van der Waals surface area (Å²) in [5.41, 5.74) is 1.19. The molecule has 0 fully saturated rings. The minimum absolute atomic E-state index is 0.209. The van der Waals surface area contributed by atoms with Gasteiger partial charge in [0, 0.05) is 6.42 Å². The highest BCUT2D eigenvalue weighted by Crippen LogP contribution is 2.28.